The molecule has 0 atom stereocenters. The summed E-state index contributed by atoms with van der Waals surface area (Å²) in [6.07, 6.45) is 38.2. The van der Waals surface area contributed by atoms with Gasteiger partial charge in [-0.15, -0.1) is 0 Å². The summed E-state index contributed by atoms with van der Waals surface area (Å²) in [5, 5.41) is 3.06. The molecule has 0 saturated heterocycles. The van der Waals surface area contributed by atoms with Gasteiger partial charge in [0.1, 0.15) is 0 Å². The van der Waals surface area contributed by atoms with Crippen molar-refractivity contribution in [3.8, 4) is 0 Å². The third-order valence-corrected chi connectivity index (χ3v) is 7.81. The number of unbranched alkanes of at least 4 members (excludes halogenated alkanes) is 22. The number of esters is 1. The molecule has 4 heteroatoms. The molecule has 0 aromatic rings. The van der Waals surface area contributed by atoms with Gasteiger partial charge in [0.25, 0.3) is 0 Å². The number of rotatable bonds is 32. The van der Waals surface area contributed by atoms with E-state index in [0.717, 1.165) is 45.1 Å². The lowest BCUT2D eigenvalue weighted by Crippen LogP contribution is -2.24. The summed E-state index contributed by atoms with van der Waals surface area (Å²) in [5.74, 6) is 0.103. The monoisotopic (exact) mass is 564 g/mol. The van der Waals surface area contributed by atoms with Crippen molar-refractivity contribution < 1.29 is 14.3 Å². The van der Waals surface area contributed by atoms with E-state index in [1.54, 1.807) is 0 Å². The molecule has 0 heterocycles. The van der Waals surface area contributed by atoms with Crippen molar-refractivity contribution in [2.45, 2.75) is 194 Å². The molecule has 0 bridgehead atoms. The van der Waals surface area contributed by atoms with E-state index in [9.17, 15) is 9.59 Å². The number of carbonyl (C=O) groups excluding carboxylic acids is 2. The van der Waals surface area contributed by atoms with Crippen LogP contribution in [0.5, 0.6) is 0 Å². The van der Waals surface area contributed by atoms with Crippen molar-refractivity contribution in [3.05, 3.63) is 12.2 Å². The second-order valence-corrected chi connectivity index (χ2v) is 11.9. The van der Waals surface area contributed by atoms with Crippen LogP contribution in [-0.4, -0.2) is 25.0 Å². The van der Waals surface area contributed by atoms with E-state index in [1.165, 1.54) is 128 Å². The number of carbonyl (C=O) groups is 2. The van der Waals surface area contributed by atoms with E-state index >= 15 is 0 Å². The fourth-order valence-corrected chi connectivity index (χ4v) is 5.09. The third kappa shape index (κ3) is 32.9. The summed E-state index contributed by atoms with van der Waals surface area (Å²) >= 11 is 0. The van der Waals surface area contributed by atoms with Crippen LogP contribution in [-0.2, 0) is 14.3 Å². The molecule has 4 nitrogen and oxygen atoms in total. The van der Waals surface area contributed by atoms with E-state index in [2.05, 4.69) is 31.3 Å². The van der Waals surface area contributed by atoms with Crippen LogP contribution >= 0.6 is 0 Å². The summed E-state index contributed by atoms with van der Waals surface area (Å²) in [7, 11) is 0. The van der Waals surface area contributed by atoms with E-state index in [4.69, 9.17) is 4.74 Å². The maximum absolute atomic E-state index is 12.0. The summed E-state index contributed by atoms with van der Waals surface area (Å²) in [6.45, 7) is 5.82. The Morgan fingerprint density at radius 2 is 0.925 bits per heavy atom. The van der Waals surface area contributed by atoms with Crippen molar-refractivity contribution >= 4 is 11.9 Å². The minimum atomic E-state index is -0.0590. The average Bonchev–Trinajstić information content (AvgIpc) is 2.95. The van der Waals surface area contributed by atoms with Crippen LogP contribution in [0.4, 0.5) is 0 Å². The predicted octanol–water partition coefficient (Wildman–Crippen LogP) is 11.2. The molecule has 0 aliphatic carbocycles. The zero-order chi connectivity index (χ0) is 29.2. The minimum Gasteiger partial charge on any atom is -0.466 e. The molecule has 1 amide bonds. The van der Waals surface area contributed by atoms with E-state index in [1.807, 2.05) is 0 Å². The Kier molecular flexibility index (Phi) is 32.8. The van der Waals surface area contributed by atoms with Crippen LogP contribution in [0.3, 0.4) is 0 Å². The van der Waals surface area contributed by atoms with E-state index in [-0.39, 0.29) is 11.9 Å². The quantitative estimate of drug-likeness (QED) is 0.0503. The molecule has 0 radical (unpaired) electrons. The number of allylic oxidation sites excluding steroid dienone is 2. The molecular formula is C36H69NO3. The fourth-order valence-electron chi connectivity index (χ4n) is 5.09. The Bertz CT molecular complexity index is 560. The van der Waals surface area contributed by atoms with Gasteiger partial charge in [-0.1, -0.05) is 135 Å². The highest BCUT2D eigenvalue weighted by molar-refractivity contribution is 5.75. The normalized spacial score (nSPS) is 11.3. The topological polar surface area (TPSA) is 55.4 Å². The van der Waals surface area contributed by atoms with Gasteiger partial charge >= 0.3 is 5.97 Å². The second-order valence-electron chi connectivity index (χ2n) is 11.9. The van der Waals surface area contributed by atoms with Gasteiger partial charge in [0, 0.05) is 19.4 Å². The summed E-state index contributed by atoms with van der Waals surface area (Å²) in [5.41, 5.74) is 0. The standard InChI is InChI=1S/C36H69NO3/c1-3-5-7-9-11-13-14-15-16-17-18-19-21-23-25-29-33-37-35(38)31-27-26-30-34-40-36(39)32-28-24-22-20-12-10-8-6-4-2/h15-16H,3-14,17-34H2,1-2H3,(H,37,38)/b16-15-. The largest absolute Gasteiger partial charge is 0.466 e. The van der Waals surface area contributed by atoms with Crippen molar-refractivity contribution in [1.82, 2.24) is 5.32 Å². The lowest BCUT2D eigenvalue weighted by molar-refractivity contribution is -0.144. The van der Waals surface area contributed by atoms with E-state index < -0.39 is 0 Å². The Hall–Kier alpha value is -1.32. The van der Waals surface area contributed by atoms with Crippen molar-refractivity contribution in [2.75, 3.05) is 13.2 Å². The molecule has 40 heavy (non-hydrogen) atoms. The van der Waals surface area contributed by atoms with Crippen molar-refractivity contribution in [2.24, 2.45) is 0 Å². The van der Waals surface area contributed by atoms with Crippen LogP contribution in [0, 0.1) is 0 Å². The molecule has 0 fully saturated rings. The first-order valence-electron chi connectivity index (χ1n) is 17.8. The molecule has 0 spiro atoms. The number of hydrogen-bond donors (Lipinski definition) is 1. The molecular weight excluding hydrogens is 494 g/mol. The highest BCUT2D eigenvalue weighted by Gasteiger charge is 2.04. The first-order valence-corrected chi connectivity index (χ1v) is 17.8. The lowest BCUT2D eigenvalue weighted by Gasteiger charge is -2.06. The molecule has 0 unspecified atom stereocenters. The second kappa shape index (κ2) is 33.9. The maximum atomic E-state index is 12.0. The summed E-state index contributed by atoms with van der Waals surface area (Å²) < 4.78 is 5.34. The van der Waals surface area contributed by atoms with E-state index in [0.29, 0.717) is 19.4 Å². The number of hydrogen-bond acceptors (Lipinski definition) is 3. The average molecular weight is 564 g/mol. The van der Waals surface area contributed by atoms with Crippen LogP contribution < -0.4 is 5.32 Å². The smallest absolute Gasteiger partial charge is 0.305 e. The predicted molar refractivity (Wildman–Crippen MR) is 174 cm³/mol. The summed E-state index contributed by atoms with van der Waals surface area (Å²) in [6, 6.07) is 0. The Morgan fingerprint density at radius 3 is 1.48 bits per heavy atom. The third-order valence-electron chi connectivity index (χ3n) is 7.81. The highest BCUT2D eigenvalue weighted by Crippen LogP contribution is 2.12. The molecule has 0 aromatic heterocycles. The number of amides is 1. The van der Waals surface area contributed by atoms with Gasteiger partial charge in [0.05, 0.1) is 6.61 Å². The van der Waals surface area contributed by atoms with Crippen LogP contribution in [0.1, 0.15) is 194 Å². The van der Waals surface area contributed by atoms with Crippen LogP contribution in [0.2, 0.25) is 0 Å². The number of ether oxygens (including phenoxy) is 1. The molecule has 0 saturated carbocycles. The zero-order valence-electron chi connectivity index (χ0n) is 27.1. The zero-order valence-corrected chi connectivity index (χ0v) is 27.1. The molecule has 0 aliphatic heterocycles. The van der Waals surface area contributed by atoms with Gasteiger partial charge in [-0.05, 0) is 57.8 Å². The Morgan fingerprint density at radius 1 is 0.500 bits per heavy atom. The van der Waals surface area contributed by atoms with Gasteiger partial charge < -0.3 is 10.1 Å². The van der Waals surface area contributed by atoms with Crippen LogP contribution in [0.15, 0.2) is 12.2 Å². The minimum absolute atomic E-state index is 0.0590. The molecule has 0 aromatic carbocycles. The Balaban J connectivity index is 3.28. The Labute approximate surface area is 250 Å². The van der Waals surface area contributed by atoms with Gasteiger partial charge in [0.15, 0.2) is 0 Å². The van der Waals surface area contributed by atoms with Crippen molar-refractivity contribution in [1.29, 1.82) is 0 Å². The first kappa shape index (κ1) is 38.7. The molecule has 1 N–H and O–H groups in total. The maximum Gasteiger partial charge on any atom is 0.305 e. The first-order chi connectivity index (χ1) is 19.7. The van der Waals surface area contributed by atoms with Gasteiger partial charge in [-0.3, -0.25) is 9.59 Å². The van der Waals surface area contributed by atoms with Gasteiger partial charge in [-0.2, -0.15) is 0 Å². The summed E-state index contributed by atoms with van der Waals surface area (Å²) in [4.78, 5) is 23.8. The lowest BCUT2D eigenvalue weighted by atomic mass is 10.1. The molecule has 236 valence electrons. The number of nitrogens with one attached hydrogen (secondary N) is 1. The highest BCUT2D eigenvalue weighted by atomic mass is 16.5. The van der Waals surface area contributed by atoms with Crippen LogP contribution in [0.25, 0.3) is 0 Å². The van der Waals surface area contributed by atoms with Gasteiger partial charge in [-0.25, -0.2) is 0 Å². The SMILES string of the molecule is CCCCCCCC/C=C\CCCCCCCCNC(=O)CCCCCOC(=O)CCCCCCCCCCC. The molecule has 0 rings (SSSR count). The van der Waals surface area contributed by atoms with Crippen molar-refractivity contribution in [3.63, 3.8) is 0 Å². The molecule has 0 aliphatic rings. The van der Waals surface area contributed by atoms with Gasteiger partial charge in [0.2, 0.25) is 5.91 Å². The fraction of sp³-hybridized carbons (Fsp3) is 0.889.